The van der Waals surface area contributed by atoms with Crippen LogP contribution in [0, 0.1) is 19.9 Å². The maximum atomic E-state index is 11.7. The normalized spacial score (nSPS) is 11.9. The second kappa shape index (κ2) is 6.60. The average molecular weight is 446 g/mol. The Kier molecular flexibility index (Phi) is 4.03. The topological polar surface area (TPSA) is 118 Å². The molecule has 1 amide bonds. The van der Waals surface area contributed by atoms with E-state index in [0.717, 1.165) is 48.3 Å². The third kappa shape index (κ3) is 3.11. The number of amides is 1. The van der Waals surface area contributed by atoms with Gasteiger partial charge in [0.25, 0.3) is 0 Å². The number of carbonyl (C=O) groups is 1. The van der Waals surface area contributed by atoms with Gasteiger partial charge in [0.15, 0.2) is 0 Å². The minimum absolute atomic E-state index is 0.441. The quantitative estimate of drug-likeness (QED) is 0.349. The van der Waals surface area contributed by atoms with Crippen LogP contribution in [0.1, 0.15) is 21.7 Å². The molecular weight excluding hydrogens is 429 g/mol. The van der Waals surface area contributed by atoms with Crippen LogP contribution < -0.4 is 14.8 Å². The molecule has 0 saturated carbocycles. The van der Waals surface area contributed by atoms with Crippen LogP contribution >= 0.6 is 0 Å². The van der Waals surface area contributed by atoms with E-state index in [2.05, 4.69) is 32.3 Å². The third-order valence-electron chi connectivity index (χ3n) is 4.67. The summed E-state index contributed by atoms with van der Waals surface area (Å²) in [6.45, 7) is 3.95. The van der Waals surface area contributed by atoms with Gasteiger partial charge in [0.05, 0.1) is 0 Å². The Balaban J connectivity index is 1.67. The van der Waals surface area contributed by atoms with Crippen LogP contribution in [0.15, 0.2) is 36.7 Å². The molecule has 8 nitrogen and oxygen atoms in total. The molecule has 4 heterocycles. The summed E-state index contributed by atoms with van der Waals surface area (Å²) in [6, 6.07) is 11.0. The number of benzene rings is 1. The van der Waals surface area contributed by atoms with E-state index >= 15 is 0 Å². The van der Waals surface area contributed by atoms with Crippen molar-refractivity contribution >= 4 is 47.3 Å². The molecule has 0 saturated heterocycles. The Labute approximate surface area is 172 Å². The summed E-state index contributed by atoms with van der Waals surface area (Å²) in [5.74, 6) is -0.477. The van der Waals surface area contributed by atoms with Gasteiger partial charge in [-0.05, 0) is 0 Å². The molecule has 0 fully saturated rings. The Bertz CT molecular complexity index is 1390. The first-order valence-electron chi connectivity index (χ1n) is 8.97. The number of hydrogen-bond acceptors (Lipinski definition) is 4. The molecule has 143 valence electrons. The fourth-order valence-corrected chi connectivity index (χ4v) is 5.67. The number of aryl methyl sites for hydroxylation is 2. The summed E-state index contributed by atoms with van der Waals surface area (Å²) in [7, 11) is 0. The van der Waals surface area contributed by atoms with E-state index in [1.54, 1.807) is 6.20 Å². The standard InChI is InChI=1S/C20H17AsN7O/c1-10-5-17(27-26-10)21-20-25-16(7-18-24-11(2)9-28(18)20)12-3-4-15-13(6-12)14(8-23-15)19(22)29/h3,5-9,21,23H,1-2H3,(H2,22,29)(H,26,27). The van der Waals surface area contributed by atoms with Gasteiger partial charge in [-0.25, -0.2) is 0 Å². The first-order chi connectivity index (χ1) is 14.0. The first kappa shape index (κ1) is 17.7. The number of aromatic amines is 2. The molecule has 0 aliphatic carbocycles. The van der Waals surface area contributed by atoms with Gasteiger partial charge in [0, 0.05) is 0 Å². The Morgan fingerprint density at radius 2 is 2.10 bits per heavy atom. The van der Waals surface area contributed by atoms with Crippen molar-refractivity contribution in [1.82, 2.24) is 29.5 Å². The summed E-state index contributed by atoms with van der Waals surface area (Å²) in [5.41, 5.74) is 11.1. The van der Waals surface area contributed by atoms with Crippen molar-refractivity contribution in [3.05, 3.63) is 59.7 Å². The molecule has 1 unspecified atom stereocenters. The molecule has 29 heavy (non-hydrogen) atoms. The van der Waals surface area contributed by atoms with Gasteiger partial charge < -0.3 is 0 Å². The van der Waals surface area contributed by atoms with Crippen LogP contribution in [0.25, 0.3) is 27.8 Å². The van der Waals surface area contributed by atoms with Gasteiger partial charge in [-0.15, -0.1) is 0 Å². The summed E-state index contributed by atoms with van der Waals surface area (Å²) < 4.78 is 4.02. The molecule has 1 radical (unpaired) electrons. The summed E-state index contributed by atoms with van der Waals surface area (Å²) in [5, 5.41) is 8.12. The molecule has 0 bridgehead atoms. The minimum atomic E-state index is -0.772. The van der Waals surface area contributed by atoms with Crippen LogP contribution in [0.2, 0.25) is 0 Å². The van der Waals surface area contributed by atoms with Crippen molar-refractivity contribution in [3.8, 4) is 11.3 Å². The number of imidazole rings is 1. The van der Waals surface area contributed by atoms with Gasteiger partial charge in [-0.3, -0.25) is 0 Å². The maximum absolute atomic E-state index is 11.7. The van der Waals surface area contributed by atoms with Crippen LogP contribution in [0.5, 0.6) is 0 Å². The number of rotatable bonds is 4. The molecule has 1 atom stereocenters. The third-order valence-corrected chi connectivity index (χ3v) is 6.96. The number of primary amides is 1. The van der Waals surface area contributed by atoms with Crippen molar-refractivity contribution in [2.24, 2.45) is 5.73 Å². The van der Waals surface area contributed by atoms with Gasteiger partial charge in [0.2, 0.25) is 0 Å². The van der Waals surface area contributed by atoms with Crippen molar-refractivity contribution in [3.63, 3.8) is 0 Å². The van der Waals surface area contributed by atoms with E-state index in [9.17, 15) is 4.79 Å². The number of nitrogens with zero attached hydrogens (tertiary/aromatic N) is 4. The molecular formula is C20H17AsN7O. The number of fused-ring (bicyclic) bond motifs is 2. The van der Waals surface area contributed by atoms with Gasteiger partial charge in [0.1, 0.15) is 0 Å². The van der Waals surface area contributed by atoms with E-state index in [1.165, 1.54) is 0 Å². The van der Waals surface area contributed by atoms with E-state index in [4.69, 9.17) is 10.7 Å². The second-order valence-electron chi connectivity index (χ2n) is 6.88. The van der Waals surface area contributed by atoms with Crippen LogP contribution in [-0.4, -0.2) is 51.2 Å². The average Bonchev–Trinajstić information content (AvgIpc) is 3.38. The summed E-state index contributed by atoms with van der Waals surface area (Å²) in [4.78, 5) is 24.3. The predicted octanol–water partition coefficient (Wildman–Crippen LogP) is 0.504. The number of nitrogens with one attached hydrogen (secondary N) is 2. The van der Waals surface area contributed by atoms with Crippen LogP contribution in [0.3, 0.4) is 0 Å². The van der Waals surface area contributed by atoms with Crippen molar-refractivity contribution in [2.75, 3.05) is 0 Å². The molecule has 4 N–H and O–H groups in total. The second-order valence-corrected chi connectivity index (χ2v) is 9.42. The predicted molar refractivity (Wildman–Crippen MR) is 112 cm³/mol. The zero-order chi connectivity index (χ0) is 20.1. The SMILES string of the molecule is Cc1cn2c([AsH]c3cc(C)[nH]n3)nc(-c3c[c]c4[nH]cc(C(N)=O)c4c3)cc2n1. The molecule has 1 aromatic carbocycles. The van der Waals surface area contributed by atoms with E-state index in [1.807, 2.05) is 42.6 Å². The van der Waals surface area contributed by atoms with Gasteiger partial charge in [-0.1, -0.05) is 0 Å². The van der Waals surface area contributed by atoms with Crippen LogP contribution in [-0.2, 0) is 0 Å². The zero-order valence-electron chi connectivity index (χ0n) is 15.7. The number of nitrogens with two attached hydrogens (primary N) is 1. The van der Waals surface area contributed by atoms with Gasteiger partial charge >= 0.3 is 172 Å². The first-order valence-corrected chi connectivity index (χ1v) is 11.1. The Morgan fingerprint density at radius 1 is 1.24 bits per heavy atom. The molecule has 5 rings (SSSR count). The molecule has 0 aliphatic rings. The van der Waals surface area contributed by atoms with Crippen LogP contribution in [0.4, 0.5) is 0 Å². The number of H-pyrrole nitrogens is 2. The fourth-order valence-electron chi connectivity index (χ4n) is 3.35. The van der Waals surface area contributed by atoms with E-state index in [0.29, 0.717) is 5.56 Å². The molecule has 9 heteroatoms. The molecule has 0 spiro atoms. The zero-order valence-corrected chi connectivity index (χ0v) is 17.8. The summed E-state index contributed by atoms with van der Waals surface area (Å²) >= 11 is -0.772. The van der Waals surface area contributed by atoms with Gasteiger partial charge in [-0.2, -0.15) is 0 Å². The fraction of sp³-hybridized carbons (Fsp3) is 0.100. The number of hydrogen-bond donors (Lipinski definition) is 3. The number of aromatic nitrogens is 6. The molecule has 4 aromatic heterocycles. The Morgan fingerprint density at radius 3 is 2.86 bits per heavy atom. The number of carbonyl (C=O) groups excluding carboxylic acids is 1. The monoisotopic (exact) mass is 446 g/mol. The van der Waals surface area contributed by atoms with Crippen molar-refractivity contribution < 1.29 is 4.79 Å². The summed E-state index contributed by atoms with van der Waals surface area (Å²) in [6.07, 6.45) is 3.61. The Hall–Kier alpha value is -3.38. The molecule has 5 aromatic rings. The van der Waals surface area contributed by atoms with Crippen molar-refractivity contribution in [1.29, 1.82) is 0 Å². The van der Waals surface area contributed by atoms with Crippen molar-refractivity contribution in [2.45, 2.75) is 13.8 Å². The van der Waals surface area contributed by atoms with E-state index in [-0.39, 0.29) is 0 Å². The molecule has 0 aliphatic heterocycles. The van der Waals surface area contributed by atoms with E-state index < -0.39 is 21.7 Å².